The highest BCUT2D eigenvalue weighted by atomic mass is 79.9. The third kappa shape index (κ3) is 3.18. The number of nitrogens with one attached hydrogen (secondary N) is 1. The van der Waals surface area contributed by atoms with Crippen LogP contribution in [0.5, 0.6) is 0 Å². The Morgan fingerprint density at radius 2 is 2.14 bits per heavy atom. The average Bonchev–Trinajstić information content (AvgIpc) is 2.41. The second kappa shape index (κ2) is 5.04. The molecule has 0 aliphatic rings. The lowest BCUT2D eigenvalue weighted by atomic mass is 10.3. The Balaban J connectivity index is 2.69. The number of amides is 1. The molecule has 0 bridgehead atoms. The monoisotopic (exact) mass is 339 g/mol. The van der Waals surface area contributed by atoms with Gasteiger partial charge in [-0.05, 0) is 44.8 Å². The minimum Gasteiger partial charge on any atom is -0.345 e. The molecule has 0 aliphatic heterocycles. The van der Waals surface area contributed by atoms with Gasteiger partial charge >= 0.3 is 0 Å². The van der Waals surface area contributed by atoms with Crippen LogP contribution in [0.2, 0.25) is 0 Å². The first-order chi connectivity index (χ1) is 6.50. The van der Waals surface area contributed by atoms with E-state index in [4.69, 9.17) is 0 Å². The maximum Gasteiger partial charge on any atom is 0.253 e. The summed E-state index contributed by atoms with van der Waals surface area (Å²) in [6.07, 6.45) is 0. The third-order valence-electron chi connectivity index (χ3n) is 1.40. The van der Waals surface area contributed by atoms with Crippen molar-refractivity contribution < 1.29 is 9.59 Å². The summed E-state index contributed by atoms with van der Waals surface area (Å²) >= 11 is 7.96. The van der Waals surface area contributed by atoms with Crippen LogP contribution in [0.25, 0.3) is 0 Å². The maximum absolute atomic E-state index is 11.5. The molecule has 1 aromatic rings. The molecule has 0 saturated carbocycles. The van der Waals surface area contributed by atoms with Crippen molar-refractivity contribution in [3.63, 3.8) is 0 Å². The maximum atomic E-state index is 11.5. The summed E-state index contributed by atoms with van der Waals surface area (Å²) in [5.41, 5.74) is 0.545. The summed E-state index contributed by atoms with van der Waals surface area (Å²) < 4.78 is 1.63. The van der Waals surface area contributed by atoms with Gasteiger partial charge in [0.15, 0.2) is 0 Å². The minimum absolute atomic E-state index is 0.0660. The van der Waals surface area contributed by atoms with E-state index in [1.807, 2.05) is 0 Å². The van der Waals surface area contributed by atoms with Crippen molar-refractivity contribution in [1.82, 2.24) is 5.32 Å². The van der Waals surface area contributed by atoms with Gasteiger partial charge < -0.3 is 5.32 Å². The van der Waals surface area contributed by atoms with E-state index in [9.17, 15) is 9.59 Å². The van der Waals surface area contributed by atoms with E-state index in [1.54, 1.807) is 6.07 Å². The van der Waals surface area contributed by atoms with E-state index in [2.05, 4.69) is 37.2 Å². The van der Waals surface area contributed by atoms with E-state index in [1.165, 1.54) is 18.3 Å². The molecule has 1 N–H and O–H groups in total. The van der Waals surface area contributed by atoms with Gasteiger partial charge in [0.05, 0.1) is 19.7 Å². The summed E-state index contributed by atoms with van der Waals surface area (Å²) in [5.74, 6) is -0.308. The zero-order chi connectivity index (χ0) is 10.7. The van der Waals surface area contributed by atoms with Crippen molar-refractivity contribution in [2.45, 2.75) is 6.92 Å². The van der Waals surface area contributed by atoms with E-state index in [0.717, 1.165) is 7.57 Å². The Morgan fingerprint density at radius 1 is 1.50 bits per heavy atom. The Bertz CT molecular complexity index is 375. The summed E-state index contributed by atoms with van der Waals surface area (Å²) in [5, 5.41) is 2.52. The normalized spacial score (nSPS) is 9.93. The molecule has 0 atom stereocenters. The molecule has 0 aliphatic carbocycles. The lowest BCUT2D eigenvalue weighted by Crippen LogP contribution is -2.28. The zero-order valence-corrected chi connectivity index (χ0v) is 11.3. The quantitative estimate of drug-likeness (QED) is 0.919. The molecule has 0 saturated heterocycles. The first kappa shape index (κ1) is 11.9. The predicted octanol–water partition coefficient (Wildman–Crippen LogP) is 2.59. The molecule has 1 rings (SSSR count). The molecule has 76 valence electrons. The highest BCUT2D eigenvalue weighted by molar-refractivity contribution is 9.12. The molecule has 6 heteroatoms. The zero-order valence-electron chi connectivity index (χ0n) is 7.27. The highest BCUT2D eigenvalue weighted by Gasteiger charge is 2.13. The fourth-order valence-electron chi connectivity index (χ4n) is 0.795. The number of thiophene rings is 1. The van der Waals surface area contributed by atoms with Crippen molar-refractivity contribution in [1.29, 1.82) is 0 Å². The number of ketones is 1. The number of Topliss-reactive ketones (excluding diaryl/α,β-unsaturated/α-hetero) is 1. The van der Waals surface area contributed by atoms with Crippen molar-refractivity contribution in [2.75, 3.05) is 6.54 Å². The van der Waals surface area contributed by atoms with Crippen LogP contribution in [0.3, 0.4) is 0 Å². The Morgan fingerprint density at radius 3 is 2.57 bits per heavy atom. The topological polar surface area (TPSA) is 46.2 Å². The molecular formula is C8H7Br2NO2S. The number of hydrogen-bond donors (Lipinski definition) is 1. The van der Waals surface area contributed by atoms with Crippen LogP contribution >= 0.6 is 43.2 Å². The molecule has 0 aromatic carbocycles. The van der Waals surface area contributed by atoms with Gasteiger partial charge in [-0.25, -0.2) is 0 Å². The molecule has 3 nitrogen and oxygen atoms in total. The van der Waals surface area contributed by atoms with Gasteiger partial charge in [-0.15, -0.1) is 11.3 Å². The summed E-state index contributed by atoms with van der Waals surface area (Å²) in [6, 6.07) is 1.71. The average molecular weight is 341 g/mol. The van der Waals surface area contributed by atoms with E-state index in [-0.39, 0.29) is 18.2 Å². The molecule has 1 aromatic heterocycles. The summed E-state index contributed by atoms with van der Waals surface area (Å²) in [7, 11) is 0. The van der Waals surface area contributed by atoms with E-state index in [0.29, 0.717) is 5.56 Å². The number of halogens is 2. The van der Waals surface area contributed by atoms with Crippen molar-refractivity contribution in [3.8, 4) is 0 Å². The van der Waals surface area contributed by atoms with Crippen LogP contribution in [0, 0.1) is 0 Å². The van der Waals surface area contributed by atoms with Crippen molar-refractivity contribution >= 4 is 54.9 Å². The predicted molar refractivity (Wildman–Crippen MR) is 62.7 cm³/mol. The Hall–Kier alpha value is -0.200. The van der Waals surface area contributed by atoms with Gasteiger partial charge in [-0.2, -0.15) is 0 Å². The van der Waals surface area contributed by atoms with Crippen LogP contribution in [-0.4, -0.2) is 18.2 Å². The lowest BCUT2D eigenvalue weighted by molar-refractivity contribution is -0.116. The second-order valence-electron chi connectivity index (χ2n) is 2.62. The molecule has 0 fully saturated rings. The molecule has 0 radical (unpaired) electrons. The smallest absolute Gasteiger partial charge is 0.253 e. The molecule has 0 spiro atoms. The van der Waals surface area contributed by atoms with Crippen LogP contribution in [0.4, 0.5) is 0 Å². The fourth-order valence-corrected chi connectivity index (χ4v) is 3.59. The molecule has 0 unspecified atom stereocenters. The second-order valence-corrected chi connectivity index (χ2v) is 6.37. The number of rotatable bonds is 3. The van der Waals surface area contributed by atoms with Gasteiger partial charge in [0.1, 0.15) is 5.78 Å². The van der Waals surface area contributed by atoms with Gasteiger partial charge in [-0.1, -0.05) is 0 Å². The van der Waals surface area contributed by atoms with Gasteiger partial charge in [0, 0.05) is 0 Å². The molecule has 14 heavy (non-hydrogen) atoms. The number of carbonyl (C=O) groups is 2. The molecular weight excluding hydrogens is 334 g/mol. The fraction of sp³-hybridized carbons (Fsp3) is 0.250. The van der Waals surface area contributed by atoms with E-state index >= 15 is 0 Å². The molecule has 1 amide bonds. The largest absolute Gasteiger partial charge is 0.345 e. The van der Waals surface area contributed by atoms with Crippen LogP contribution in [0.15, 0.2) is 13.6 Å². The Labute approximate surface area is 102 Å². The van der Waals surface area contributed by atoms with Gasteiger partial charge in [0.2, 0.25) is 0 Å². The summed E-state index contributed by atoms with van der Waals surface area (Å²) in [6.45, 7) is 1.50. The first-order valence-corrected chi connectivity index (χ1v) is 6.13. The van der Waals surface area contributed by atoms with Crippen LogP contribution in [0.1, 0.15) is 17.3 Å². The molecule has 1 heterocycles. The SMILES string of the molecule is CC(=O)CNC(=O)c1cc(Br)sc1Br. The van der Waals surface area contributed by atoms with Crippen LogP contribution < -0.4 is 5.32 Å². The summed E-state index contributed by atoms with van der Waals surface area (Å²) in [4.78, 5) is 22.1. The van der Waals surface area contributed by atoms with Crippen LogP contribution in [-0.2, 0) is 4.79 Å². The van der Waals surface area contributed by atoms with Gasteiger partial charge in [0.25, 0.3) is 5.91 Å². The number of carbonyl (C=O) groups excluding carboxylic acids is 2. The minimum atomic E-state index is -0.242. The highest BCUT2D eigenvalue weighted by Crippen LogP contribution is 2.31. The first-order valence-electron chi connectivity index (χ1n) is 3.73. The lowest BCUT2D eigenvalue weighted by Gasteiger charge is -2.00. The van der Waals surface area contributed by atoms with Crippen molar-refractivity contribution in [2.24, 2.45) is 0 Å². The number of hydrogen-bond acceptors (Lipinski definition) is 3. The van der Waals surface area contributed by atoms with E-state index < -0.39 is 0 Å². The Kier molecular flexibility index (Phi) is 4.28. The van der Waals surface area contributed by atoms with Crippen molar-refractivity contribution in [3.05, 3.63) is 19.2 Å². The van der Waals surface area contributed by atoms with Gasteiger partial charge in [-0.3, -0.25) is 9.59 Å². The standard InChI is InChI=1S/C8H7Br2NO2S/c1-4(12)3-11-8(13)5-2-6(9)14-7(5)10/h2H,3H2,1H3,(H,11,13). The third-order valence-corrected chi connectivity index (χ3v) is 3.74.